The van der Waals surface area contributed by atoms with E-state index in [1.165, 1.54) is 6.21 Å². The fourth-order valence-electron chi connectivity index (χ4n) is 2.68. The van der Waals surface area contributed by atoms with Crippen LogP contribution in [0.25, 0.3) is 0 Å². The minimum atomic E-state index is -0.859. The lowest BCUT2D eigenvalue weighted by Gasteiger charge is -2.15. The van der Waals surface area contributed by atoms with E-state index >= 15 is 0 Å². The van der Waals surface area contributed by atoms with E-state index in [0.29, 0.717) is 44.4 Å². The molecule has 3 amide bonds. The van der Waals surface area contributed by atoms with E-state index in [1.54, 1.807) is 31.2 Å². The highest BCUT2D eigenvalue weighted by molar-refractivity contribution is 14.1. The summed E-state index contributed by atoms with van der Waals surface area (Å²) in [5.41, 5.74) is 4.28. The van der Waals surface area contributed by atoms with E-state index in [1.807, 2.05) is 26.8 Å². The summed E-state index contributed by atoms with van der Waals surface area (Å²) in [6, 6.07) is 8.53. The molecular formula is C24H28ClIN4O5. The molecule has 0 aliphatic rings. The molecule has 2 aromatic rings. The normalized spacial score (nSPS) is 11.6. The standard InChI is InChI=1S/C24H28ClIN4O5/c1-5-15(4)28-23(32)24(33)30-27-12-16-9-19(26)22(20(10-16)34-6-2)35-13-21(31)29-17-8-7-14(3)18(25)11-17/h7-12,15H,5-6,13H2,1-4H3,(H,28,32)(H,29,31)(H,30,33)/b27-12-/t15-/m0/s1. The molecule has 0 radical (unpaired) electrons. The highest BCUT2D eigenvalue weighted by atomic mass is 127. The van der Waals surface area contributed by atoms with Crippen LogP contribution in [-0.2, 0) is 14.4 Å². The molecule has 0 fully saturated rings. The van der Waals surface area contributed by atoms with Gasteiger partial charge in [-0.05, 0) is 85.2 Å². The number of ether oxygens (including phenoxy) is 2. The van der Waals surface area contributed by atoms with Gasteiger partial charge in [0.2, 0.25) is 0 Å². The monoisotopic (exact) mass is 614 g/mol. The third-order valence-corrected chi connectivity index (χ3v) is 5.92. The molecule has 0 saturated heterocycles. The lowest BCUT2D eigenvalue weighted by atomic mass is 10.2. The molecule has 0 bridgehead atoms. The van der Waals surface area contributed by atoms with Crippen LogP contribution < -0.4 is 25.5 Å². The van der Waals surface area contributed by atoms with Crippen molar-refractivity contribution < 1.29 is 23.9 Å². The molecule has 35 heavy (non-hydrogen) atoms. The fraction of sp³-hybridized carbons (Fsp3) is 0.333. The second kappa shape index (κ2) is 13.9. The molecule has 0 saturated carbocycles. The van der Waals surface area contributed by atoms with Crippen molar-refractivity contribution in [3.8, 4) is 11.5 Å². The predicted octanol–water partition coefficient (Wildman–Crippen LogP) is 4.03. The van der Waals surface area contributed by atoms with Crippen LogP contribution in [0.1, 0.15) is 38.3 Å². The second-order valence-electron chi connectivity index (χ2n) is 7.55. The molecule has 1 atom stereocenters. The van der Waals surface area contributed by atoms with Gasteiger partial charge in [0.15, 0.2) is 18.1 Å². The summed E-state index contributed by atoms with van der Waals surface area (Å²) < 4.78 is 12.1. The van der Waals surface area contributed by atoms with Crippen molar-refractivity contribution in [2.24, 2.45) is 5.10 Å². The molecule has 9 nitrogen and oxygen atoms in total. The third-order valence-electron chi connectivity index (χ3n) is 4.71. The van der Waals surface area contributed by atoms with Crippen molar-refractivity contribution in [3.63, 3.8) is 0 Å². The Morgan fingerprint density at radius 1 is 1.14 bits per heavy atom. The van der Waals surface area contributed by atoms with Crippen molar-refractivity contribution in [3.05, 3.63) is 50.1 Å². The number of carbonyl (C=O) groups excluding carboxylic acids is 3. The Hall–Kier alpha value is -2.86. The summed E-state index contributed by atoms with van der Waals surface area (Å²) in [6.45, 7) is 7.53. The van der Waals surface area contributed by atoms with Gasteiger partial charge in [-0.2, -0.15) is 5.10 Å². The Morgan fingerprint density at radius 2 is 1.89 bits per heavy atom. The van der Waals surface area contributed by atoms with Gasteiger partial charge in [-0.15, -0.1) is 0 Å². The van der Waals surface area contributed by atoms with Crippen molar-refractivity contribution in [1.29, 1.82) is 0 Å². The highest BCUT2D eigenvalue weighted by Crippen LogP contribution is 2.34. The van der Waals surface area contributed by atoms with Crippen LogP contribution in [0.2, 0.25) is 5.02 Å². The SMILES string of the molecule is CCOc1cc(/C=N\NC(=O)C(=O)N[C@@H](C)CC)cc(I)c1OCC(=O)Nc1ccc(C)c(Cl)c1. The summed E-state index contributed by atoms with van der Waals surface area (Å²) in [5, 5.41) is 9.70. The summed E-state index contributed by atoms with van der Waals surface area (Å²) in [5.74, 6) is -1.16. The lowest BCUT2D eigenvalue weighted by molar-refractivity contribution is -0.139. The number of rotatable bonds is 10. The quantitative estimate of drug-likeness (QED) is 0.162. The highest BCUT2D eigenvalue weighted by Gasteiger charge is 2.16. The van der Waals surface area contributed by atoms with Crippen LogP contribution in [0.15, 0.2) is 35.4 Å². The lowest BCUT2D eigenvalue weighted by Crippen LogP contribution is -2.41. The number of hydrazone groups is 1. The molecule has 0 aliphatic heterocycles. The maximum absolute atomic E-state index is 12.4. The smallest absolute Gasteiger partial charge is 0.329 e. The summed E-state index contributed by atoms with van der Waals surface area (Å²) >= 11 is 8.16. The second-order valence-corrected chi connectivity index (χ2v) is 9.12. The Bertz CT molecular complexity index is 1110. The molecule has 188 valence electrons. The maximum atomic E-state index is 12.4. The Morgan fingerprint density at radius 3 is 2.54 bits per heavy atom. The van der Waals surface area contributed by atoms with Crippen LogP contribution in [0.4, 0.5) is 5.69 Å². The van der Waals surface area contributed by atoms with Gasteiger partial charge in [-0.1, -0.05) is 24.6 Å². The number of carbonyl (C=O) groups is 3. The first kappa shape index (κ1) is 28.4. The van der Waals surface area contributed by atoms with E-state index in [-0.39, 0.29) is 18.6 Å². The van der Waals surface area contributed by atoms with Crippen LogP contribution in [-0.4, -0.2) is 43.2 Å². The van der Waals surface area contributed by atoms with Crippen LogP contribution in [0.3, 0.4) is 0 Å². The van der Waals surface area contributed by atoms with Gasteiger partial charge in [0.25, 0.3) is 5.91 Å². The molecule has 2 rings (SSSR count). The number of amides is 3. The van der Waals surface area contributed by atoms with Crippen LogP contribution in [0.5, 0.6) is 11.5 Å². The van der Waals surface area contributed by atoms with Gasteiger partial charge in [-0.25, -0.2) is 5.43 Å². The zero-order chi connectivity index (χ0) is 26.0. The van der Waals surface area contributed by atoms with E-state index in [9.17, 15) is 14.4 Å². The van der Waals surface area contributed by atoms with Gasteiger partial charge < -0.3 is 20.1 Å². The zero-order valence-electron chi connectivity index (χ0n) is 19.9. The fourth-order valence-corrected chi connectivity index (χ4v) is 3.64. The summed E-state index contributed by atoms with van der Waals surface area (Å²) in [6.07, 6.45) is 2.09. The van der Waals surface area contributed by atoms with E-state index in [4.69, 9.17) is 21.1 Å². The molecule has 3 N–H and O–H groups in total. The van der Waals surface area contributed by atoms with Crippen LogP contribution in [0, 0.1) is 10.5 Å². The van der Waals surface area contributed by atoms with Crippen molar-refractivity contribution in [1.82, 2.24) is 10.7 Å². The number of anilines is 1. The van der Waals surface area contributed by atoms with Crippen LogP contribution >= 0.6 is 34.2 Å². The zero-order valence-corrected chi connectivity index (χ0v) is 22.8. The molecular weight excluding hydrogens is 587 g/mol. The Balaban J connectivity index is 2.04. The molecule has 0 spiro atoms. The van der Waals surface area contributed by atoms with Gasteiger partial charge in [0, 0.05) is 16.8 Å². The average molecular weight is 615 g/mol. The minimum absolute atomic E-state index is 0.114. The molecule has 2 aromatic carbocycles. The molecule has 0 heterocycles. The maximum Gasteiger partial charge on any atom is 0.329 e. The first-order valence-electron chi connectivity index (χ1n) is 10.9. The Kier molecular flexibility index (Phi) is 11.3. The molecule has 0 unspecified atom stereocenters. The third kappa shape index (κ3) is 9.02. The number of hydrogen-bond donors (Lipinski definition) is 3. The molecule has 0 aromatic heterocycles. The van der Waals surface area contributed by atoms with Crippen molar-refractivity contribution >= 4 is 63.8 Å². The van der Waals surface area contributed by atoms with Gasteiger partial charge in [-0.3, -0.25) is 14.4 Å². The molecule has 11 heteroatoms. The summed E-state index contributed by atoms with van der Waals surface area (Å²) in [4.78, 5) is 36.0. The first-order valence-corrected chi connectivity index (χ1v) is 12.4. The largest absolute Gasteiger partial charge is 0.490 e. The van der Waals surface area contributed by atoms with E-state index in [0.717, 1.165) is 5.56 Å². The van der Waals surface area contributed by atoms with E-state index < -0.39 is 11.8 Å². The van der Waals surface area contributed by atoms with Gasteiger partial charge >= 0.3 is 11.8 Å². The number of halogens is 2. The average Bonchev–Trinajstić information content (AvgIpc) is 2.80. The Labute approximate surface area is 223 Å². The number of hydrogen-bond acceptors (Lipinski definition) is 6. The predicted molar refractivity (Wildman–Crippen MR) is 144 cm³/mol. The van der Waals surface area contributed by atoms with Crippen molar-refractivity contribution in [2.75, 3.05) is 18.5 Å². The number of nitrogens with one attached hydrogen (secondary N) is 3. The number of benzene rings is 2. The van der Waals surface area contributed by atoms with E-state index in [2.05, 4.69) is 43.8 Å². The van der Waals surface area contributed by atoms with Gasteiger partial charge in [0.05, 0.1) is 16.4 Å². The minimum Gasteiger partial charge on any atom is -0.490 e. The number of nitrogens with zero attached hydrogens (tertiary/aromatic N) is 1. The van der Waals surface area contributed by atoms with Gasteiger partial charge in [0.1, 0.15) is 0 Å². The van der Waals surface area contributed by atoms with Crippen molar-refractivity contribution in [2.45, 2.75) is 40.2 Å². The first-order chi connectivity index (χ1) is 16.6. The molecule has 0 aliphatic carbocycles. The summed E-state index contributed by atoms with van der Waals surface area (Å²) in [7, 11) is 0. The topological polar surface area (TPSA) is 118 Å². The number of aryl methyl sites for hydroxylation is 1.